The van der Waals surface area contributed by atoms with E-state index in [1.807, 2.05) is 24.3 Å². The lowest BCUT2D eigenvalue weighted by Gasteiger charge is -2.16. The summed E-state index contributed by atoms with van der Waals surface area (Å²) in [6.07, 6.45) is 2.82. The van der Waals surface area contributed by atoms with Gasteiger partial charge in [-0.3, -0.25) is 4.79 Å². The number of pyridine rings is 1. The number of benzene rings is 2. The normalized spacial score (nSPS) is 11.8. The molecule has 13 heteroatoms. The zero-order chi connectivity index (χ0) is 30.4. The van der Waals surface area contributed by atoms with Gasteiger partial charge < -0.3 is 11.1 Å². The highest BCUT2D eigenvalue weighted by molar-refractivity contribution is 8.00. The molecule has 1 unspecified atom stereocenters. The van der Waals surface area contributed by atoms with E-state index >= 15 is 0 Å². The first kappa shape index (κ1) is 30.0. The van der Waals surface area contributed by atoms with Crippen molar-refractivity contribution in [3.05, 3.63) is 83.7 Å². The fourth-order valence-electron chi connectivity index (χ4n) is 3.92. The first-order valence-corrected chi connectivity index (χ1v) is 15.0. The van der Waals surface area contributed by atoms with Crippen LogP contribution in [-0.2, 0) is 14.8 Å². The van der Waals surface area contributed by atoms with Crippen molar-refractivity contribution >= 4 is 45.1 Å². The van der Waals surface area contributed by atoms with E-state index in [2.05, 4.69) is 51.0 Å². The van der Waals surface area contributed by atoms with Crippen molar-refractivity contribution < 1.29 is 13.2 Å². The summed E-state index contributed by atoms with van der Waals surface area (Å²) in [5, 5.41) is 22.1. The molecular formula is C29H26N8O3S2. The maximum Gasteiger partial charge on any atom is 0.264 e. The molecule has 4 rings (SSSR count). The topological polar surface area (TPSA) is 188 Å². The summed E-state index contributed by atoms with van der Waals surface area (Å²) >= 11 is 1.03. The van der Waals surface area contributed by atoms with E-state index in [-0.39, 0.29) is 32.8 Å². The molecule has 212 valence electrons. The van der Waals surface area contributed by atoms with Crippen molar-refractivity contribution in [3.63, 3.8) is 0 Å². The molecule has 0 aliphatic rings. The number of aromatic nitrogens is 3. The summed E-state index contributed by atoms with van der Waals surface area (Å²) in [4.78, 5) is 25.0. The molecule has 11 nitrogen and oxygen atoms in total. The second kappa shape index (κ2) is 12.7. The van der Waals surface area contributed by atoms with E-state index < -0.39 is 21.2 Å². The Kier molecular flexibility index (Phi) is 9.06. The van der Waals surface area contributed by atoms with Gasteiger partial charge in [-0.05, 0) is 54.3 Å². The predicted octanol–water partition coefficient (Wildman–Crippen LogP) is 4.91. The Morgan fingerprint density at radius 2 is 1.57 bits per heavy atom. The van der Waals surface area contributed by atoms with E-state index in [0.717, 1.165) is 17.3 Å². The monoisotopic (exact) mass is 598 g/mol. The molecule has 42 heavy (non-hydrogen) atoms. The van der Waals surface area contributed by atoms with Crippen LogP contribution in [0.1, 0.15) is 43.4 Å². The van der Waals surface area contributed by atoms with Gasteiger partial charge >= 0.3 is 0 Å². The van der Waals surface area contributed by atoms with Crippen molar-refractivity contribution in [1.82, 2.24) is 15.0 Å². The molecule has 0 radical (unpaired) electrons. The first-order valence-electron chi connectivity index (χ1n) is 12.7. The highest BCUT2D eigenvalue weighted by Crippen LogP contribution is 2.37. The number of sulfonamides is 1. The minimum Gasteiger partial charge on any atom is -0.383 e. The third-order valence-electron chi connectivity index (χ3n) is 6.16. The molecule has 0 aliphatic carbocycles. The summed E-state index contributed by atoms with van der Waals surface area (Å²) in [5.41, 5.74) is 8.83. The number of hydrogen-bond acceptors (Lipinski definition) is 10. The SMILES string of the molecule is CC(Sc1nc(N)c(C#N)c(-c2ccc(C(C)C)cc2)c1C#N)C(=O)Nc1ccc(S(=O)(=O)Nc2ncccn2)cc1. The van der Waals surface area contributed by atoms with Gasteiger partial charge in [-0.15, -0.1) is 0 Å². The smallest absolute Gasteiger partial charge is 0.264 e. The maximum atomic E-state index is 13.0. The lowest BCUT2D eigenvalue weighted by molar-refractivity contribution is -0.115. The number of anilines is 3. The largest absolute Gasteiger partial charge is 0.383 e. The number of amides is 1. The predicted molar refractivity (Wildman–Crippen MR) is 161 cm³/mol. The standard InChI is InChI=1S/C29H26N8O3S2/c1-17(2)19-5-7-20(8-6-19)25-23(15-30)26(32)36-28(24(25)16-31)41-18(3)27(38)35-21-9-11-22(12-10-21)42(39,40)37-29-33-13-4-14-34-29/h4-14,17-18H,1-3H3,(H2,32,36)(H,35,38)(H,33,34,37). The minimum absolute atomic E-state index is 0.0409. The average Bonchev–Trinajstić information content (AvgIpc) is 2.97. The molecule has 0 saturated heterocycles. The molecule has 0 fully saturated rings. The minimum atomic E-state index is -3.93. The quantitative estimate of drug-likeness (QED) is 0.223. The maximum absolute atomic E-state index is 13.0. The van der Waals surface area contributed by atoms with Crippen LogP contribution in [0.5, 0.6) is 0 Å². The van der Waals surface area contributed by atoms with Crippen LogP contribution in [-0.4, -0.2) is 34.5 Å². The Balaban J connectivity index is 1.53. The molecule has 0 aliphatic heterocycles. The van der Waals surface area contributed by atoms with Gasteiger partial charge in [0.1, 0.15) is 28.5 Å². The molecule has 4 aromatic rings. The molecule has 2 heterocycles. The third-order valence-corrected chi connectivity index (χ3v) is 8.59. The summed E-state index contributed by atoms with van der Waals surface area (Å²) in [5.74, 6) is -0.215. The summed E-state index contributed by atoms with van der Waals surface area (Å²) in [6.45, 7) is 5.77. The number of nitrogens with two attached hydrogens (primary N) is 1. The zero-order valence-electron chi connectivity index (χ0n) is 22.9. The van der Waals surface area contributed by atoms with Crippen molar-refractivity contribution in [2.45, 2.75) is 41.9 Å². The second-order valence-electron chi connectivity index (χ2n) is 9.38. The number of nitrogen functional groups attached to an aromatic ring is 1. The van der Waals surface area contributed by atoms with Gasteiger partial charge in [0.25, 0.3) is 10.0 Å². The van der Waals surface area contributed by atoms with Crippen molar-refractivity contribution in [2.75, 3.05) is 15.8 Å². The number of nitrogens with zero attached hydrogens (tertiary/aromatic N) is 5. The van der Waals surface area contributed by atoms with Crippen molar-refractivity contribution in [1.29, 1.82) is 10.5 Å². The number of nitriles is 2. The molecule has 0 bridgehead atoms. The molecule has 4 N–H and O–H groups in total. The van der Waals surface area contributed by atoms with Gasteiger partial charge in [0.2, 0.25) is 11.9 Å². The molecule has 1 atom stereocenters. The second-order valence-corrected chi connectivity index (χ2v) is 12.4. The van der Waals surface area contributed by atoms with E-state index in [0.29, 0.717) is 22.7 Å². The Morgan fingerprint density at radius 1 is 0.952 bits per heavy atom. The van der Waals surface area contributed by atoms with Gasteiger partial charge in [-0.1, -0.05) is 49.9 Å². The van der Waals surface area contributed by atoms with Crippen LogP contribution in [0.4, 0.5) is 17.5 Å². The third kappa shape index (κ3) is 6.66. The van der Waals surface area contributed by atoms with Gasteiger partial charge in [-0.25, -0.2) is 28.1 Å². The summed E-state index contributed by atoms with van der Waals surface area (Å²) in [7, 11) is -3.93. The van der Waals surface area contributed by atoms with Crippen LogP contribution < -0.4 is 15.8 Å². The Hall–Kier alpha value is -4.98. The van der Waals surface area contributed by atoms with Gasteiger partial charge in [-0.2, -0.15) is 10.5 Å². The average molecular weight is 599 g/mol. The molecule has 2 aromatic heterocycles. The summed E-state index contributed by atoms with van der Waals surface area (Å²) < 4.78 is 27.5. The van der Waals surface area contributed by atoms with E-state index in [1.165, 1.54) is 36.7 Å². The number of rotatable bonds is 9. The molecule has 1 amide bonds. The number of nitrogens with one attached hydrogen (secondary N) is 2. The summed E-state index contributed by atoms with van der Waals surface area (Å²) in [6, 6.07) is 18.9. The van der Waals surface area contributed by atoms with Crippen LogP contribution >= 0.6 is 11.8 Å². The zero-order valence-corrected chi connectivity index (χ0v) is 24.5. The first-order chi connectivity index (χ1) is 20.0. The molecular weight excluding hydrogens is 573 g/mol. The molecule has 2 aromatic carbocycles. The van der Waals surface area contributed by atoms with Crippen LogP contribution in [0.25, 0.3) is 11.1 Å². The van der Waals surface area contributed by atoms with Crippen molar-refractivity contribution in [3.8, 4) is 23.3 Å². The highest BCUT2D eigenvalue weighted by Gasteiger charge is 2.24. The highest BCUT2D eigenvalue weighted by atomic mass is 32.2. The lowest BCUT2D eigenvalue weighted by Crippen LogP contribution is -2.23. The Morgan fingerprint density at radius 3 is 2.14 bits per heavy atom. The van der Waals surface area contributed by atoms with Crippen molar-refractivity contribution in [2.24, 2.45) is 0 Å². The number of thioether (sulfide) groups is 1. The van der Waals surface area contributed by atoms with Gasteiger partial charge in [0.05, 0.1) is 15.7 Å². The van der Waals surface area contributed by atoms with E-state index in [9.17, 15) is 23.7 Å². The lowest BCUT2D eigenvalue weighted by atomic mass is 9.94. The van der Waals surface area contributed by atoms with E-state index in [1.54, 1.807) is 13.0 Å². The van der Waals surface area contributed by atoms with Crippen LogP contribution in [0, 0.1) is 22.7 Å². The number of carbonyl (C=O) groups is 1. The Bertz CT molecular complexity index is 1800. The number of hydrogen-bond donors (Lipinski definition) is 3. The Labute approximate surface area is 247 Å². The van der Waals surface area contributed by atoms with Gasteiger partial charge in [0.15, 0.2) is 0 Å². The molecule has 0 saturated carbocycles. The van der Waals surface area contributed by atoms with Crippen LogP contribution in [0.2, 0.25) is 0 Å². The number of carbonyl (C=O) groups excluding carboxylic acids is 1. The molecule has 0 spiro atoms. The van der Waals surface area contributed by atoms with Crippen LogP contribution in [0.15, 0.2) is 76.9 Å². The van der Waals surface area contributed by atoms with Gasteiger partial charge in [0, 0.05) is 23.6 Å². The fourth-order valence-corrected chi connectivity index (χ4v) is 5.80. The fraction of sp³-hybridized carbons (Fsp3) is 0.172. The van der Waals surface area contributed by atoms with E-state index in [4.69, 9.17) is 5.73 Å². The van der Waals surface area contributed by atoms with Crippen LogP contribution in [0.3, 0.4) is 0 Å².